The highest BCUT2D eigenvalue weighted by atomic mass is 16.3. The number of hydrogen-bond acceptors (Lipinski definition) is 2. The number of aliphatic hydroxyl groups excluding tert-OH is 1. The van der Waals surface area contributed by atoms with Gasteiger partial charge in [-0.25, -0.2) is 0 Å². The van der Waals surface area contributed by atoms with Gasteiger partial charge in [-0.15, -0.1) is 6.58 Å². The first kappa shape index (κ1) is 24.2. The van der Waals surface area contributed by atoms with Crippen LogP contribution in [0.4, 0.5) is 0 Å². The SMILES string of the molecule is C=CC(O)(CO)CCCCCC[C@H]1CC=C[C@@H]1C=CCCCCCCCC. The van der Waals surface area contributed by atoms with E-state index in [1.807, 2.05) is 0 Å². The van der Waals surface area contributed by atoms with E-state index in [1.54, 1.807) is 0 Å². The van der Waals surface area contributed by atoms with Crippen LogP contribution in [0.15, 0.2) is 37.0 Å². The summed E-state index contributed by atoms with van der Waals surface area (Å²) in [5.41, 5.74) is -1.08. The molecule has 0 aromatic carbocycles. The van der Waals surface area contributed by atoms with E-state index in [2.05, 4.69) is 37.8 Å². The Morgan fingerprint density at radius 1 is 1.04 bits per heavy atom. The van der Waals surface area contributed by atoms with Crippen molar-refractivity contribution in [2.24, 2.45) is 11.8 Å². The highest BCUT2D eigenvalue weighted by molar-refractivity contribution is 5.09. The molecule has 1 rings (SSSR count). The average molecular weight is 377 g/mol. The van der Waals surface area contributed by atoms with Gasteiger partial charge in [-0.05, 0) is 43.9 Å². The van der Waals surface area contributed by atoms with Crippen LogP contribution in [0.1, 0.15) is 96.8 Å². The lowest BCUT2D eigenvalue weighted by molar-refractivity contribution is 0.0186. The third kappa shape index (κ3) is 10.9. The second-order valence-electron chi connectivity index (χ2n) is 8.40. The Hall–Kier alpha value is -0.860. The Kier molecular flexibility index (Phi) is 13.5. The molecule has 0 amide bonds. The lowest BCUT2D eigenvalue weighted by Gasteiger charge is -2.21. The molecule has 0 saturated carbocycles. The predicted molar refractivity (Wildman–Crippen MR) is 118 cm³/mol. The Balaban J connectivity index is 2.08. The zero-order chi connectivity index (χ0) is 19.8. The largest absolute Gasteiger partial charge is 0.393 e. The van der Waals surface area contributed by atoms with Crippen molar-refractivity contribution in [3.63, 3.8) is 0 Å². The molecule has 0 bridgehead atoms. The normalized spacial score (nSPS) is 21.7. The number of allylic oxidation sites excluding steroid dienone is 4. The third-order valence-electron chi connectivity index (χ3n) is 6.01. The van der Waals surface area contributed by atoms with Crippen molar-refractivity contribution in [1.82, 2.24) is 0 Å². The van der Waals surface area contributed by atoms with Crippen LogP contribution >= 0.6 is 0 Å². The molecule has 1 aliphatic carbocycles. The van der Waals surface area contributed by atoms with Gasteiger partial charge in [0.15, 0.2) is 0 Å². The van der Waals surface area contributed by atoms with Gasteiger partial charge in [-0.1, -0.05) is 95.1 Å². The summed E-state index contributed by atoms with van der Waals surface area (Å²) in [4.78, 5) is 0. The Bertz CT molecular complexity index is 426. The van der Waals surface area contributed by atoms with Gasteiger partial charge in [-0.3, -0.25) is 0 Å². The monoisotopic (exact) mass is 376 g/mol. The average Bonchev–Trinajstić information content (AvgIpc) is 3.13. The Morgan fingerprint density at radius 2 is 1.74 bits per heavy atom. The molecule has 0 aromatic heterocycles. The zero-order valence-corrected chi connectivity index (χ0v) is 17.7. The van der Waals surface area contributed by atoms with Gasteiger partial charge in [0.1, 0.15) is 5.60 Å². The summed E-state index contributed by atoms with van der Waals surface area (Å²) in [6.45, 7) is 5.65. The third-order valence-corrected chi connectivity index (χ3v) is 6.01. The van der Waals surface area contributed by atoms with Crippen molar-refractivity contribution < 1.29 is 10.2 Å². The van der Waals surface area contributed by atoms with Crippen LogP contribution in [-0.2, 0) is 0 Å². The maximum Gasteiger partial charge on any atom is 0.105 e. The first-order chi connectivity index (χ1) is 13.1. The molecule has 0 saturated heterocycles. The van der Waals surface area contributed by atoms with Crippen LogP contribution in [-0.4, -0.2) is 22.4 Å². The second-order valence-corrected chi connectivity index (χ2v) is 8.40. The van der Waals surface area contributed by atoms with Crippen molar-refractivity contribution in [3.8, 4) is 0 Å². The van der Waals surface area contributed by atoms with E-state index in [1.165, 1.54) is 76.7 Å². The van der Waals surface area contributed by atoms with Gasteiger partial charge in [0, 0.05) is 0 Å². The maximum atomic E-state index is 9.98. The fourth-order valence-electron chi connectivity index (χ4n) is 3.99. The smallest absolute Gasteiger partial charge is 0.105 e. The molecular weight excluding hydrogens is 332 g/mol. The van der Waals surface area contributed by atoms with Gasteiger partial charge >= 0.3 is 0 Å². The highest BCUT2D eigenvalue weighted by Crippen LogP contribution is 2.31. The minimum absolute atomic E-state index is 0.225. The van der Waals surface area contributed by atoms with E-state index in [4.69, 9.17) is 0 Å². The number of unbranched alkanes of at least 4 members (excludes halogenated alkanes) is 9. The minimum atomic E-state index is -1.08. The summed E-state index contributed by atoms with van der Waals surface area (Å²) in [6, 6.07) is 0. The summed E-state index contributed by atoms with van der Waals surface area (Å²) in [5, 5.41) is 19.2. The fraction of sp³-hybridized carbons (Fsp3) is 0.760. The molecule has 3 atom stereocenters. The van der Waals surface area contributed by atoms with E-state index in [-0.39, 0.29) is 6.61 Å². The van der Waals surface area contributed by atoms with Crippen molar-refractivity contribution in [2.45, 2.75) is 102 Å². The standard InChI is InChI=1S/C25H44O2/c1-3-5-6-7-8-9-10-13-17-23-19-16-20-24(23)18-14-11-12-15-21-25(27,4-2)22-26/h4,13,16-17,19,23-24,26-27H,2-3,5-12,14-15,18,20-22H2,1H3/t23-,24-,25?/m0/s1. The molecular formula is C25H44O2. The quantitative estimate of drug-likeness (QED) is 0.218. The summed E-state index contributed by atoms with van der Waals surface area (Å²) >= 11 is 0. The molecule has 0 aromatic rings. The molecule has 0 heterocycles. The fourth-order valence-corrected chi connectivity index (χ4v) is 3.99. The topological polar surface area (TPSA) is 40.5 Å². The predicted octanol–water partition coefficient (Wildman–Crippen LogP) is 6.74. The van der Waals surface area contributed by atoms with Gasteiger partial charge in [0.05, 0.1) is 6.61 Å². The summed E-state index contributed by atoms with van der Waals surface area (Å²) in [7, 11) is 0. The van der Waals surface area contributed by atoms with E-state index in [0.717, 1.165) is 18.8 Å². The van der Waals surface area contributed by atoms with Crippen LogP contribution in [0.5, 0.6) is 0 Å². The summed E-state index contributed by atoms with van der Waals surface area (Å²) < 4.78 is 0. The molecule has 1 unspecified atom stereocenters. The molecule has 27 heavy (non-hydrogen) atoms. The summed E-state index contributed by atoms with van der Waals surface area (Å²) in [5.74, 6) is 1.43. The van der Waals surface area contributed by atoms with Crippen LogP contribution in [0.2, 0.25) is 0 Å². The van der Waals surface area contributed by atoms with Crippen molar-refractivity contribution >= 4 is 0 Å². The molecule has 156 valence electrons. The van der Waals surface area contributed by atoms with E-state index in [9.17, 15) is 10.2 Å². The molecule has 2 heteroatoms. The van der Waals surface area contributed by atoms with E-state index < -0.39 is 5.60 Å². The molecule has 1 aliphatic rings. The zero-order valence-electron chi connectivity index (χ0n) is 17.7. The van der Waals surface area contributed by atoms with Gasteiger partial charge in [0.2, 0.25) is 0 Å². The highest BCUT2D eigenvalue weighted by Gasteiger charge is 2.21. The molecule has 2 N–H and O–H groups in total. The number of aliphatic hydroxyl groups is 2. The second kappa shape index (κ2) is 15.1. The molecule has 0 spiro atoms. The number of hydrogen-bond donors (Lipinski definition) is 2. The lowest BCUT2D eigenvalue weighted by atomic mass is 9.89. The Morgan fingerprint density at radius 3 is 2.48 bits per heavy atom. The molecule has 0 fully saturated rings. The first-order valence-corrected chi connectivity index (χ1v) is 11.5. The molecule has 2 nitrogen and oxygen atoms in total. The van der Waals surface area contributed by atoms with Crippen molar-refractivity contribution in [2.75, 3.05) is 6.61 Å². The van der Waals surface area contributed by atoms with E-state index in [0.29, 0.717) is 12.3 Å². The van der Waals surface area contributed by atoms with Crippen LogP contribution in [0, 0.1) is 11.8 Å². The summed E-state index contributed by atoms with van der Waals surface area (Å²) in [6.07, 6.45) is 28.3. The minimum Gasteiger partial charge on any atom is -0.393 e. The van der Waals surface area contributed by atoms with Gasteiger partial charge in [0.25, 0.3) is 0 Å². The van der Waals surface area contributed by atoms with Crippen molar-refractivity contribution in [3.05, 3.63) is 37.0 Å². The van der Waals surface area contributed by atoms with Gasteiger partial charge in [-0.2, -0.15) is 0 Å². The van der Waals surface area contributed by atoms with Crippen LogP contribution in [0.25, 0.3) is 0 Å². The van der Waals surface area contributed by atoms with Crippen LogP contribution < -0.4 is 0 Å². The number of rotatable bonds is 17. The molecule has 0 aliphatic heterocycles. The van der Waals surface area contributed by atoms with Gasteiger partial charge < -0.3 is 10.2 Å². The Labute approximate surface area is 168 Å². The lowest BCUT2D eigenvalue weighted by Crippen LogP contribution is -2.30. The maximum absolute atomic E-state index is 9.98. The first-order valence-electron chi connectivity index (χ1n) is 11.5. The van der Waals surface area contributed by atoms with Crippen LogP contribution in [0.3, 0.4) is 0 Å². The van der Waals surface area contributed by atoms with E-state index >= 15 is 0 Å². The molecule has 0 radical (unpaired) electrons. The van der Waals surface area contributed by atoms with Crippen molar-refractivity contribution in [1.29, 1.82) is 0 Å².